The maximum Gasteiger partial charge on any atom is 0.260 e. The number of aromatic nitrogens is 1. The van der Waals surface area contributed by atoms with Gasteiger partial charge in [0.05, 0.1) is 23.9 Å². The van der Waals surface area contributed by atoms with Crippen LogP contribution in [0.5, 0.6) is 0 Å². The van der Waals surface area contributed by atoms with Gasteiger partial charge in [-0.15, -0.1) is 0 Å². The smallest absolute Gasteiger partial charge is 0.260 e. The number of rotatable bonds is 4. The minimum atomic E-state index is -0.302. The van der Waals surface area contributed by atoms with Gasteiger partial charge in [-0.05, 0) is 43.2 Å². The summed E-state index contributed by atoms with van der Waals surface area (Å²) >= 11 is 0. The number of hydrogen-bond donors (Lipinski definition) is 1. The lowest BCUT2D eigenvalue weighted by Gasteiger charge is -2.22. The van der Waals surface area contributed by atoms with E-state index in [-0.39, 0.29) is 24.4 Å². The minimum Gasteiger partial charge on any atom is -0.467 e. The molecule has 1 aromatic carbocycles. The van der Waals surface area contributed by atoms with Gasteiger partial charge in [-0.1, -0.05) is 18.2 Å². The third-order valence-corrected chi connectivity index (χ3v) is 4.68. The molecule has 1 N–H and O–H groups in total. The standard InChI is InChI=1S/C21H19N3O3/c1-14-9-15-5-2-3-7-19(15)24(14)21(26)17-10-16(11-22-12-17)20(25)23-13-18-6-4-8-27-18/h2-8,10-12,14H,9,13H2,1H3,(H,23,25). The molecule has 0 fully saturated rings. The number of nitrogens with one attached hydrogen (secondary N) is 1. The van der Waals surface area contributed by atoms with Gasteiger partial charge in [-0.2, -0.15) is 0 Å². The fraction of sp³-hybridized carbons (Fsp3) is 0.190. The molecule has 0 spiro atoms. The Morgan fingerprint density at radius 1 is 1.19 bits per heavy atom. The molecule has 1 aliphatic rings. The van der Waals surface area contributed by atoms with Crippen molar-refractivity contribution in [3.05, 3.63) is 83.6 Å². The van der Waals surface area contributed by atoms with Crippen molar-refractivity contribution in [2.24, 2.45) is 0 Å². The zero-order valence-electron chi connectivity index (χ0n) is 14.9. The van der Waals surface area contributed by atoms with Crippen molar-refractivity contribution in [3.8, 4) is 0 Å². The molecule has 6 nitrogen and oxygen atoms in total. The average molecular weight is 361 g/mol. The second kappa shape index (κ2) is 7.07. The summed E-state index contributed by atoms with van der Waals surface area (Å²) in [5.41, 5.74) is 2.80. The lowest BCUT2D eigenvalue weighted by molar-refractivity contribution is 0.0947. The average Bonchev–Trinajstić information content (AvgIpc) is 3.32. The largest absolute Gasteiger partial charge is 0.467 e. The molecule has 136 valence electrons. The van der Waals surface area contributed by atoms with Crippen molar-refractivity contribution in [1.29, 1.82) is 0 Å². The van der Waals surface area contributed by atoms with Crippen LogP contribution in [0, 0.1) is 0 Å². The maximum absolute atomic E-state index is 13.1. The normalized spacial score (nSPS) is 15.4. The summed E-state index contributed by atoms with van der Waals surface area (Å²) in [4.78, 5) is 31.3. The van der Waals surface area contributed by atoms with E-state index in [1.807, 2.05) is 31.2 Å². The van der Waals surface area contributed by atoms with Gasteiger partial charge < -0.3 is 14.6 Å². The minimum absolute atomic E-state index is 0.0614. The highest BCUT2D eigenvalue weighted by molar-refractivity contribution is 6.08. The molecule has 27 heavy (non-hydrogen) atoms. The number of amides is 2. The molecule has 4 rings (SSSR count). The fourth-order valence-corrected chi connectivity index (χ4v) is 3.38. The quantitative estimate of drug-likeness (QED) is 0.774. The molecule has 0 bridgehead atoms. The maximum atomic E-state index is 13.1. The van der Waals surface area contributed by atoms with E-state index in [1.54, 1.807) is 29.4 Å². The third-order valence-electron chi connectivity index (χ3n) is 4.68. The van der Waals surface area contributed by atoms with Gasteiger partial charge in [0.15, 0.2) is 0 Å². The molecule has 1 atom stereocenters. The first-order valence-electron chi connectivity index (χ1n) is 8.80. The van der Waals surface area contributed by atoms with Gasteiger partial charge in [0.2, 0.25) is 0 Å². The number of hydrogen-bond acceptors (Lipinski definition) is 4. The number of furan rings is 1. The second-order valence-electron chi connectivity index (χ2n) is 6.58. The van der Waals surface area contributed by atoms with Crippen molar-refractivity contribution >= 4 is 17.5 Å². The Hall–Kier alpha value is -3.41. The molecule has 6 heteroatoms. The Bertz CT molecular complexity index is 982. The van der Waals surface area contributed by atoms with Gasteiger partial charge in [-0.3, -0.25) is 14.6 Å². The number of carbonyl (C=O) groups is 2. The molecular weight excluding hydrogens is 342 g/mol. The molecule has 2 aromatic heterocycles. The van der Waals surface area contributed by atoms with Crippen molar-refractivity contribution in [2.45, 2.75) is 25.9 Å². The van der Waals surface area contributed by atoms with Gasteiger partial charge in [0.1, 0.15) is 5.76 Å². The lowest BCUT2D eigenvalue weighted by Crippen LogP contribution is -2.36. The van der Waals surface area contributed by atoms with Crippen LogP contribution in [0.3, 0.4) is 0 Å². The molecular formula is C21H19N3O3. The summed E-state index contributed by atoms with van der Waals surface area (Å²) in [6.07, 6.45) is 5.32. The Kier molecular flexibility index (Phi) is 4.46. The molecule has 3 heterocycles. The van der Waals surface area contributed by atoms with Crippen LogP contribution in [0.4, 0.5) is 5.69 Å². The highest BCUT2D eigenvalue weighted by Crippen LogP contribution is 2.33. The molecule has 0 saturated carbocycles. The van der Waals surface area contributed by atoms with E-state index in [0.29, 0.717) is 16.9 Å². The summed E-state index contributed by atoms with van der Waals surface area (Å²) in [6.45, 7) is 2.30. The number of nitrogens with zero attached hydrogens (tertiary/aromatic N) is 2. The molecule has 1 aliphatic heterocycles. The van der Waals surface area contributed by atoms with E-state index < -0.39 is 0 Å². The third kappa shape index (κ3) is 3.33. The van der Waals surface area contributed by atoms with Crippen LogP contribution in [0.25, 0.3) is 0 Å². The first-order chi connectivity index (χ1) is 13.1. The predicted octanol–water partition coefficient (Wildman–Crippen LogP) is 3.20. The summed E-state index contributed by atoms with van der Waals surface area (Å²) in [7, 11) is 0. The summed E-state index contributed by atoms with van der Waals surface area (Å²) < 4.78 is 5.20. The van der Waals surface area contributed by atoms with E-state index in [9.17, 15) is 9.59 Å². The van der Waals surface area contributed by atoms with Gasteiger partial charge in [-0.25, -0.2) is 0 Å². The number of pyridine rings is 1. The molecule has 0 radical (unpaired) electrons. The first kappa shape index (κ1) is 17.0. The van der Waals surface area contributed by atoms with Crippen LogP contribution in [-0.2, 0) is 13.0 Å². The van der Waals surface area contributed by atoms with Crippen molar-refractivity contribution in [3.63, 3.8) is 0 Å². The lowest BCUT2D eigenvalue weighted by atomic mass is 10.1. The fourth-order valence-electron chi connectivity index (χ4n) is 3.38. The van der Waals surface area contributed by atoms with Crippen LogP contribution in [-0.4, -0.2) is 22.8 Å². The predicted molar refractivity (Wildman–Crippen MR) is 101 cm³/mol. The number of fused-ring (bicyclic) bond motifs is 1. The SMILES string of the molecule is CC1Cc2ccccc2N1C(=O)c1cncc(C(=O)NCc2ccco2)c1. The van der Waals surface area contributed by atoms with E-state index in [0.717, 1.165) is 17.7 Å². The van der Waals surface area contributed by atoms with Gasteiger partial charge in [0.25, 0.3) is 11.8 Å². The van der Waals surface area contributed by atoms with E-state index in [4.69, 9.17) is 4.42 Å². The zero-order chi connectivity index (χ0) is 18.8. The first-order valence-corrected chi connectivity index (χ1v) is 8.80. The molecule has 2 amide bonds. The van der Waals surface area contributed by atoms with Crippen LogP contribution >= 0.6 is 0 Å². The van der Waals surface area contributed by atoms with Gasteiger partial charge >= 0.3 is 0 Å². The zero-order valence-corrected chi connectivity index (χ0v) is 14.9. The van der Waals surface area contributed by atoms with Crippen LogP contribution in [0.1, 0.15) is 39.0 Å². The Morgan fingerprint density at radius 2 is 2.00 bits per heavy atom. The monoisotopic (exact) mass is 361 g/mol. The number of carbonyl (C=O) groups excluding carboxylic acids is 2. The Labute approximate surface area is 156 Å². The number of para-hydroxylation sites is 1. The van der Waals surface area contributed by atoms with Gasteiger partial charge in [0, 0.05) is 24.1 Å². The molecule has 0 aliphatic carbocycles. The van der Waals surface area contributed by atoms with E-state index >= 15 is 0 Å². The Balaban J connectivity index is 1.53. The molecule has 1 unspecified atom stereocenters. The highest BCUT2D eigenvalue weighted by Gasteiger charge is 2.31. The summed E-state index contributed by atoms with van der Waals surface area (Å²) in [6, 6.07) is 13.1. The summed E-state index contributed by atoms with van der Waals surface area (Å²) in [5, 5.41) is 2.76. The number of anilines is 1. The Morgan fingerprint density at radius 3 is 2.81 bits per heavy atom. The van der Waals surface area contributed by atoms with E-state index in [2.05, 4.69) is 10.3 Å². The van der Waals surface area contributed by atoms with Crippen LogP contribution in [0.15, 0.2) is 65.5 Å². The highest BCUT2D eigenvalue weighted by atomic mass is 16.3. The molecule has 0 saturated heterocycles. The van der Waals surface area contributed by atoms with Crippen LogP contribution in [0.2, 0.25) is 0 Å². The van der Waals surface area contributed by atoms with E-state index in [1.165, 1.54) is 12.4 Å². The number of benzene rings is 1. The van der Waals surface area contributed by atoms with Crippen molar-refractivity contribution in [2.75, 3.05) is 4.90 Å². The van der Waals surface area contributed by atoms with Crippen molar-refractivity contribution < 1.29 is 14.0 Å². The topological polar surface area (TPSA) is 75.4 Å². The second-order valence-corrected chi connectivity index (χ2v) is 6.58. The summed E-state index contributed by atoms with van der Waals surface area (Å²) in [5.74, 6) is 0.204. The van der Waals surface area contributed by atoms with Crippen LogP contribution < -0.4 is 10.2 Å². The molecule has 3 aromatic rings. The van der Waals surface area contributed by atoms with Crippen molar-refractivity contribution in [1.82, 2.24) is 10.3 Å².